The Labute approximate surface area is 86.7 Å². The predicted octanol–water partition coefficient (Wildman–Crippen LogP) is 2.55. The normalized spacial score (nSPS) is 11.5. The van der Waals surface area contributed by atoms with E-state index in [1.807, 2.05) is 0 Å². The molecular formula is C9H13BrN2O. The highest BCUT2D eigenvalue weighted by Crippen LogP contribution is 2.28. The summed E-state index contributed by atoms with van der Waals surface area (Å²) >= 11 is 3.25. The maximum absolute atomic E-state index is 5.15. The first-order valence-corrected chi connectivity index (χ1v) is 4.81. The maximum atomic E-state index is 5.15. The van der Waals surface area contributed by atoms with Crippen molar-refractivity contribution in [2.45, 2.75) is 26.2 Å². The molecule has 4 heteroatoms. The number of nitrogens with zero attached hydrogens (tertiary/aromatic N) is 2. The Morgan fingerprint density at radius 2 is 2.00 bits per heavy atom. The van der Waals surface area contributed by atoms with Crippen molar-refractivity contribution in [1.29, 1.82) is 0 Å². The van der Waals surface area contributed by atoms with Gasteiger partial charge in [0.1, 0.15) is 10.3 Å². The van der Waals surface area contributed by atoms with Crippen LogP contribution in [0, 0.1) is 0 Å². The van der Waals surface area contributed by atoms with Gasteiger partial charge in [-0.2, -0.15) is 0 Å². The Balaban J connectivity index is 3.22. The van der Waals surface area contributed by atoms with Gasteiger partial charge in [0.2, 0.25) is 5.88 Å². The fourth-order valence-corrected chi connectivity index (χ4v) is 1.27. The van der Waals surface area contributed by atoms with Gasteiger partial charge in [0.15, 0.2) is 0 Å². The average molecular weight is 245 g/mol. The third-order valence-electron chi connectivity index (χ3n) is 1.61. The van der Waals surface area contributed by atoms with Crippen molar-refractivity contribution in [3.8, 4) is 5.88 Å². The van der Waals surface area contributed by atoms with Gasteiger partial charge in [-0.05, 0) is 15.9 Å². The van der Waals surface area contributed by atoms with Gasteiger partial charge in [-0.15, -0.1) is 0 Å². The highest BCUT2D eigenvalue weighted by Gasteiger charge is 2.21. The molecule has 0 aromatic carbocycles. The van der Waals surface area contributed by atoms with Gasteiger partial charge in [0.25, 0.3) is 0 Å². The number of rotatable bonds is 1. The summed E-state index contributed by atoms with van der Waals surface area (Å²) in [5.74, 6) is 0.585. The third kappa shape index (κ3) is 2.40. The summed E-state index contributed by atoms with van der Waals surface area (Å²) in [6.45, 7) is 6.23. The van der Waals surface area contributed by atoms with Crippen molar-refractivity contribution >= 4 is 15.9 Å². The Morgan fingerprint density at radius 3 is 2.46 bits per heavy atom. The molecule has 0 fully saturated rings. The molecule has 0 atom stereocenters. The molecule has 1 aromatic heterocycles. The highest BCUT2D eigenvalue weighted by atomic mass is 79.9. The van der Waals surface area contributed by atoms with Crippen LogP contribution in [-0.2, 0) is 5.41 Å². The molecule has 1 aromatic rings. The smallest absolute Gasteiger partial charge is 0.236 e. The molecule has 0 unspecified atom stereocenters. The average Bonchev–Trinajstić information content (AvgIpc) is 2.01. The monoisotopic (exact) mass is 244 g/mol. The van der Waals surface area contributed by atoms with Crippen molar-refractivity contribution in [2.24, 2.45) is 0 Å². The summed E-state index contributed by atoms with van der Waals surface area (Å²) in [7, 11) is 1.60. The van der Waals surface area contributed by atoms with Crippen molar-refractivity contribution in [3.05, 3.63) is 16.5 Å². The lowest BCUT2D eigenvalue weighted by atomic mass is 9.92. The van der Waals surface area contributed by atoms with E-state index in [9.17, 15) is 0 Å². The van der Waals surface area contributed by atoms with Crippen LogP contribution in [0.1, 0.15) is 26.5 Å². The number of methoxy groups -OCH3 is 1. The minimum Gasteiger partial charge on any atom is -0.480 e. The second kappa shape index (κ2) is 3.62. The van der Waals surface area contributed by atoms with E-state index in [4.69, 9.17) is 4.74 Å². The Hall–Kier alpha value is -0.640. The summed E-state index contributed by atoms with van der Waals surface area (Å²) in [6.07, 6.45) is 1.68. The zero-order valence-corrected chi connectivity index (χ0v) is 9.84. The van der Waals surface area contributed by atoms with E-state index in [0.29, 0.717) is 10.5 Å². The zero-order valence-electron chi connectivity index (χ0n) is 8.26. The lowest BCUT2D eigenvalue weighted by molar-refractivity contribution is 0.374. The molecule has 3 nitrogen and oxygen atoms in total. The standard InChI is InChI=1S/C9H13BrN2O/c1-9(2,3)7-8(13-4)12-6(10)5-11-7/h5H,1-4H3. The summed E-state index contributed by atoms with van der Waals surface area (Å²) in [4.78, 5) is 8.48. The van der Waals surface area contributed by atoms with E-state index >= 15 is 0 Å². The maximum Gasteiger partial charge on any atom is 0.236 e. The number of aromatic nitrogens is 2. The SMILES string of the molecule is COc1nc(Br)cnc1C(C)(C)C. The first-order valence-electron chi connectivity index (χ1n) is 4.02. The van der Waals surface area contributed by atoms with Crippen LogP contribution in [0.5, 0.6) is 5.88 Å². The van der Waals surface area contributed by atoms with E-state index in [1.54, 1.807) is 13.3 Å². The molecule has 0 N–H and O–H groups in total. The van der Waals surface area contributed by atoms with Crippen molar-refractivity contribution in [2.75, 3.05) is 7.11 Å². The second-order valence-corrected chi connectivity index (χ2v) is 4.61. The molecule has 0 saturated heterocycles. The lowest BCUT2D eigenvalue weighted by Gasteiger charge is -2.19. The van der Waals surface area contributed by atoms with Gasteiger partial charge < -0.3 is 4.74 Å². The van der Waals surface area contributed by atoms with Gasteiger partial charge in [-0.3, -0.25) is 4.98 Å². The van der Waals surface area contributed by atoms with E-state index < -0.39 is 0 Å². The number of halogens is 1. The molecule has 1 rings (SSSR count). The minimum atomic E-state index is -0.0426. The highest BCUT2D eigenvalue weighted by molar-refractivity contribution is 9.10. The molecular weight excluding hydrogens is 232 g/mol. The van der Waals surface area contributed by atoms with Crippen LogP contribution in [0.15, 0.2) is 10.8 Å². The van der Waals surface area contributed by atoms with Gasteiger partial charge >= 0.3 is 0 Å². The van der Waals surface area contributed by atoms with E-state index in [-0.39, 0.29) is 5.41 Å². The minimum absolute atomic E-state index is 0.0426. The zero-order chi connectivity index (χ0) is 10.1. The number of hydrogen-bond donors (Lipinski definition) is 0. The van der Waals surface area contributed by atoms with Crippen molar-refractivity contribution in [3.63, 3.8) is 0 Å². The Bertz CT molecular complexity index is 307. The summed E-state index contributed by atoms with van der Waals surface area (Å²) in [5, 5.41) is 0. The third-order valence-corrected chi connectivity index (χ3v) is 2.00. The molecule has 0 bridgehead atoms. The summed E-state index contributed by atoms with van der Waals surface area (Å²) in [5.41, 5.74) is 0.831. The van der Waals surface area contributed by atoms with E-state index in [2.05, 4.69) is 46.7 Å². The van der Waals surface area contributed by atoms with Crippen LogP contribution < -0.4 is 4.74 Å². The lowest BCUT2D eigenvalue weighted by Crippen LogP contribution is -2.15. The molecule has 0 aliphatic rings. The van der Waals surface area contributed by atoms with Crippen molar-refractivity contribution < 1.29 is 4.74 Å². The van der Waals surface area contributed by atoms with E-state index in [0.717, 1.165) is 5.69 Å². The van der Waals surface area contributed by atoms with Crippen LogP contribution in [0.3, 0.4) is 0 Å². The molecule has 0 aliphatic carbocycles. The largest absolute Gasteiger partial charge is 0.480 e. The molecule has 0 amide bonds. The quantitative estimate of drug-likeness (QED) is 0.762. The summed E-state index contributed by atoms with van der Waals surface area (Å²) in [6, 6.07) is 0. The van der Waals surface area contributed by atoms with Gasteiger partial charge in [-0.25, -0.2) is 4.98 Å². The summed E-state index contributed by atoms with van der Waals surface area (Å²) < 4.78 is 5.84. The van der Waals surface area contributed by atoms with Crippen LogP contribution in [0.25, 0.3) is 0 Å². The number of ether oxygens (including phenoxy) is 1. The second-order valence-electron chi connectivity index (χ2n) is 3.80. The molecule has 0 aliphatic heterocycles. The number of hydrogen-bond acceptors (Lipinski definition) is 3. The molecule has 0 radical (unpaired) electrons. The van der Waals surface area contributed by atoms with Gasteiger partial charge in [0, 0.05) is 5.41 Å². The molecule has 0 saturated carbocycles. The van der Waals surface area contributed by atoms with Crippen LogP contribution >= 0.6 is 15.9 Å². The van der Waals surface area contributed by atoms with Gasteiger partial charge in [-0.1, -0.05) is 20.8 Å². The molecule has 1 heterocycles. The predicted molar refractivity (Wildman–Crippen MR) is 55.0 cm³/mol. The fraction of sp³-hybridized carbons (Fsp3) is 0.556. The Kier molecular flexibility index (Phi) is 2.91. The molecule has 13 heavy (non-hydrogen) atoms. The molecule has 0 spiro atoms. The van der Waals surface area contributed by atoms with Gasteiger partial charge in [0.05, 0.1) is 13.3 Å². The van der Waals surface area contributed by atoms with Crippen molar-refractivity contribution in [1.82, 2.24) is 9.97 Å². The first kappa shape index (κ1) is 10.4. The van der Waals surface area contributed by atoms with E-state index in [1.165, 1.54) is 0 Å². The molecule has 72 valence electrons. The fourth-order valence-electron chi connectivity index (χ4n) is 1.01. The van der Waals surface area contributed by atoms with Crippen LogP contribution in [0.2, 0.25) is 0 Å². The Morgan fingerprint density at radius 1 is 1.38 bits per heavy atom. The topological polar surface area (TPSA) is 35.0 Å². The first-order chi connectivity index (χ1) is 5.95. The van der Waals surface area contributed by atoms with Crippen LogP contribution in [-0.4, -0.2) is 17.1 Å². The van der Waals surface area contributed by atoms with Crippen LogP contribution in [0.4, 0.5) is 0 Å².